The minimum atomic E-state index is -1.37. The largest absolute Gasteiger partial charge is 0.379 e. The smallest absolute Gasteiger partial charge is 0.151 e. The van der Waals surface area contributed by atoms with Crippen LogP contribution in [0.5, 0.6) is 0 Å². The molecule has 2 atom stereocenters. The maximum Gasteiger partial charge on any atom is 0.151 e. The molecule has 2 rings (SSSR count). The van der Waals surface area contributed by atoms with Gasteiger partial charge in [-0.15, -0.1) is 0 Å². The van der Waals surface area contributed by atoms with E-state index in [1.54, 1.807) is 23.9 Å². The van der Waals surface area contributed by atoms with Gasteiger partial charge in [0.15, 0.2) is 5.67 Å². The molecule has 0 aromatic carbocycles. The summed E-state index contributed by atoms with van der Waals surface area (Å²) in [5.41, 5.74) is -0.707. The van der Waals surface area contributed by atoms with Gasteiger partial charge in [-0.25, -0.2) is 4.39 Å². The summed E-state index contributed by atoms with van der Waals surface area (Å²) < 4.78 is 22.0. The highest BCUT2D eigenvalue weighted by Crippen LogP contribution is 2.31. The van der Waals surface area contributed by atoms with Crippen LogP contribution in [-0.2, 0) is 17.0 Å². The summed E-state index contributed by atoms with van der Waals surface area (Å²) in [6.07, 6.45) is 3.05. The number of hydrogen-bond donors (Lipinski definition) is 1. The fourth-order valence-electron chi connectivity index (χ4n) is 2.48. The van der Waals surface area contributed by atoms with Crippen molar-refractivity contribution in [1.82, 2.24) is 15.1 Å². The average Bonchev–Trinajstić information content (AvgIpc) is 2.79. The van der Waals surface area contributed by atoms with Gasteiger partial charge in [0.05, 0.1) is 18.9 Å². The Kier molecular flexibility index (Phi) is 4.35. The van der Waals surface area contributed by atoms with E-state index in [1.807, 2.05) is 0 Å². The molecule has 2 unspecified atom stereocenters. The number of aryl methyl sites for hydroxylation is 1. The van der Waals surface area contributed by atoms with Crippen molar-refractivity contribution in [3.8, 4) is 0 Å². The minimum absolute atomic E-state index is 0.0822. The van der Waals surface area contributed by atoms with Crippen molar-refractivity contribution in [2.45, 2.75) is 44.9 Å². The highest BCUT2D eigenvalue weighted by atomic mass is 19.1. The van der Waals surface area contributed by atoms with Crippen molar-refractivity contribution >= 4 is 0 Å². The molecule has 1 N–H and O–H groups in total. The topological polar surface area (TPSA) is 39.1 Å². The zero-order valence-corrected chi connectivity index (χ0v) is 11.2. The van der Waals surface area contributed by atoms with Crippen molar-refractivity contribution in [1.29, 1.82) is 0 Å². The van der Waals surface area contributed by atoms with E-state index in [0.717, 1.165) is 19.5 Å². The highest BCUT2D eigenvalue weighted by Gasteiger charge is 2.33. The van der Waals surface area contributed by atoms with Crippen LogP contribution in [0.1, 0.15) is 32.4 Å². The fourth-order valence-corrected chi connectivity index (χ4v) is 2.48. The molecule has 2 heterocycles. The van der Waals surface area contributed by atoms with Crippen LogP contribution >= 0.6 is 0 Å². The molecule has 0 aliphatic carbocycles. The van der Waals surface area contributed by atoms with E-state index >= 15 is 0 Å². The Balaban J connectivity index is 2.06. The van der Waals surface area contributed by atoms with Crippen LogP contribution in [0.2, 0.25) is 0 Å². The Morgan fingerprint density at radius 1 is 1.67 bits per heavy atom. The lowest BCUT2D eigenvalue weighted by atomic mass is 9.95. The molecule has 1 aliphatic heterocycles. The first-order chi connectivity index (χ1) is 8.63. The molecule has 5 heteroatoms. The zero-order valence-electron chi connectivity index (χ0n) is 11.2. The lowest BCUT2D eigenvalue weighted by Crippen LogP contribution is -2.44. The molecule has 18 heavy (non-hydrogen) atoms. The van der Waals surface area contributed by atoms with Crippen molar-refractivity contribution in [2.24, 2.45) is 0 Å². The summed E-state index contributed by atoms with van der Waals surface area (Å²) in [6, 6.07) is 1.86. The molecule has 1 saturated heterocycles. The van der Waals surface area contributed by atoms with Crippen LogP contribution in [0, 0.1) is 0 Å². The third-order valence-electron chi connectivity index (χ3n) is 3.31. The first-order valence-corrected chi connectivity index (χ1v) is 6.66. The van der Waals surface area contributed by atoms with E-state index in [4.69, 9.17) is 4.74 Å². The maximum absolute atomic E-state index is 14.9. The predicted molar refractivity (Wildman–Crippen MR) is 68.2 cm³/mol. The van der Waals surface area contributed by atoms with Gasteiger partial charge in [-0.3, -0.25) is 4.68 Å². The number of hydrogen-bond acceptors (Lipinski definition) is 3. The summed E-state index contributed by atoms with van der Waals surface area (Å²) in [5.74, 6) is 0. The van der Waals surface area contributed by atoms with Gasteiger partial charge in [0.25, 0.3) is 0 Å². The standard InChI is InChI=1S/C13H22FN3O/c1-3-7-17-12(4-5-16-17)13(2,14)9-11-10-18-8-6-15-11/h4-5,11,15H,3,6-10H2,1-2H3. The van der Waals surface area contributed by atoms with Gasteiger partial charge in [-0.05, 0) is 19.4 Å². The van der Waals surface area contributed by atoms with Crippen LogP contribution < -0.4 is 5.32 Å². The van der Waals surface area contributed by atoms with Gasteiger partial charge in [-0.2, -0.15) is 5.10 Å². The maximum atomic E-state index is 14.9. The first kappa shape index (κ1) is 13.5. The van der Waals surface area contributed by atoms with E-state index in [0.29, 0.717) is 25.3 Å². The second kappa shape index (κ2) is 5.80. The van der Waals surface area contributed by atoms with Crippen LogP contribution in [0.4, 0.5) is 4.39 Å². The Labute approximate surface area is 108 Å². The van der Waals surface area contributed by atoms with Gasteiger partial charge in [0.2, 0.25) is 0 Å². The predicted octanol–water partition coefficient (Wildman–Crippen LogP) is 1.86. The molecule has 1 aromatic rings. The van der Waals surface area contributed by atoms with Crippen molar-refractivity contribution in [3.63, 3.8) is 0 Å². The Morgan fingerprint density at radius 2 is 2.50 bits per heavy atom. The third-order valence-corrected chi connectivity index (χ3v) is 3.31. The SMILES string of the molecule is CCCn1nccc1C(C)(F)CC1COCCN1. The number of alkyl halides is 1. The van der Waals surface area contributed by atoms with Gasteiger partial charge in [0, 0.05) is 31.7 Å². The molecule has 0 saturated carbocycles. The number of aromatic nitrogens is 2. The zero-order chi connectivity index (χ0) is 13.0. The first-order valence-electron chi connectivity index (χ1n) is 6.66. The Morgan fingerprint density at radius 3 is 3.17 bits per heavy atom. The third kappa shape index (κ3) is 3.09. The van der Waals surface area contributed by atoms with Crippen LogP contribution in [-0.4, -0.2) is 35.6 Å². The molecule has 0 spiro atoms. The molecule has 1 aromatic heterocycles. The van der Waals surface area contributed by atoms with E-state index in [9.17, 15) is 4.39 Å². The van der Waals surface area contributed by atoms with E-state index in [2.05, 4.69) is 17.3 Å². The molecule has 0 amide bonds. The van der Waals surface area contributed by atoms with Crippen molar-refractivity contribution < 1.29 is 9.13 Å². The number of nitrogens with zero attached hydrogens (tertiary/aromatic N) is 2. The quantitative estimate of drug-likeness (QED) is 0.873. The van der Waals surface area contributed by atoms with Crippen LogP contribution in [0.25, 0.3) is 0 Å². The van der Waals surface area contributed by atoms with Crippen molar-refractivity contribution in [2.75, 3.05) is 19.8 Å². The summed E-state index contributed by atoms with van der Waals surface area (Å²) in [5, 5.41) is 7.48. The van der Waals surface area contributed by atoms with Crippen LogP contribution in [0.15, 0.2) is 12.3 Å². The molecule has 0 radical (unpaired) electrons. The van der Waals surface area contributed by atoms with E-state index in [-0.39, 0.29) is 6.04 Å². The molecule has 0 bridgehead atoms. The lowest BCUT2D eigenvalue weighted by molar-refractivity contribution is 0.0449. The second-order valence-electron chi connectivity index (χ2n) is 5.07. The van der Waals surface area contributed by atoms with E-state index in [1.165, 1.54) is 0 Å². The monoisotopic (exact) mass is 255 g/mol. The fraction of sp³-hybridized carbons (Fsp3) is 0.769. The van der Waals surface area contributed by atoms with Gasteiger partial charge in [-0.1, -0.05) is 6.92 Å². The van der Waals surface area contributed by atoms with Crippen molar-refractivity contribution in [3.05, 3.63) is 18.0 Å². The molecule has 1 fully saturated rings. The molecule has 102 valence electrons. The Bertz CT molecular complexity index is 372. The summed E-state index contributed by atoms with van der Waals surface area (Å²) in [4.78, 5) is 0. The van der Waals surface area contributed by atoms with Crippen LogP contribution in [0.3, 0.4) is 0 Å². The summed E-state index contributed by atoms with van der Waals surface area (Å²) in [7, 11) is 0. The minimum Gasteiger partial charge on any atom is -0.379 e. The number of nitrogens with one attached hydrogen (secondary N) is 1. The molecular weight excluding hydrogens is 233 g/mol. The number of ether oxygens (including phenoxy) is 1. The highest BCUT2D eigenvalue weighted by molar-refractivity contribution is 5.11. The van der Waals surface area contributed by atoms with E-state index < -0.39 is 5.67 Å². The molecule has 4 nitrogen and oxygen atoms in total. The average molecular weight is 255 g/mol. The molecule has 1 aliphatic rings. The number of halogens is 1. The van der Waals surface area contributed by atoms with Gasteiger partial charge in [0.1, 0.15) is 0 Å². The Hall–Kier alpha value is -0.940. The summed E-state index contributed by atoms with van der Waals surface area (Å²) in [6.45, 7) is 6.56. The number of morpholine rings is 1. The normalized spacial score (nSPS) is 23.8. The second-order valence-corrected chi connectivity index (χ2v) is 5.07. The molecular formula is C13H22FN3O. The lowest BCUT2D eigenvalue weighted by Gasteiger charge is -2.30. The number of rotatable bonds is 5. The summed E-state index contributed by atoms with van der Waals surface area (Å²) >= 11 is 0. The van der Waals surface area contributed by atoms with Gasteiger partial charge >= 0.3 is 0 Å². The van der Waals surface area contributed by atoms with Gasteiger partial charge < -0.3 is 10.1 Å².